The number of aromatic nitrogens is 2. The van der Waals surface area contributed by atoms with Crippen LogP contribution in [0, 0.1) is 0 Å². The fraction of sp³-hybridized carbons (Fsp3) is 0.857. The highest BCUT2D eigenvalue weighted by Gasteiger charge is 2.21. The minimum Gasteiger partial charge on any atom is -0.372 e. The Bertz CT molecular complexity index is 889. The normalized spacial score (nSPS) is 13.1. The first kappa shape index (κ1) is 42.1. The van der Waals surface area contributed by atoms with Gasteiger partial charge in [0.1, 0.15) is 0 Å². The summed E-state index contributed by atoms with van der Waals surface area (Å²) in [6.45, 7) is 10.4. The largest absolute Gasteiger partial charge is 0.372 e. The second-order valence-corrected chi connectivity index (χ2v) is 15.1. The van der Waals surface area contributed by atoms with Gasteiger partial charge >= 0.3 is 0 Å². The van der Waals surface area contributed by atoms with Crippen LogP contribution >= 0.6 is 11.3 Å². The lowest BCUT2D eigenvalue weighted by Crippen LogP contribution is -2.13. The van der Waals surface area contributed by atoms with E-state index < -0.39 is 0 Å². The monoisotopic (exact) mass is 673 g/mol. The SMILES string of the molecule is CCCCCCCCCCCCCCCCOC(C)c1nc2cscc2nc1C(C)OCCCCCCCCCCCCCCCC. The average molecular weight is 673 g/mol. The third-order valence-electron chi connectivity index (χ3n) is 9.87. The Labute approximate surface area is 296 Å². The maximum atomic E-state index is 6.33. The average Bonchev–Trinajstić information content (AvgIpc) is 3.55. The maximum absolute atomic E-state index is 6.33. The predicted octanol–water partition coefficient (Wildman–Crippen LogP) is 14.8. The van der Waals surface area contributed by atoms with E-state index in [1.807, 2.05) is 0 Å². The molecule has 0 saturated heterocycles. The third-order valence-corrected chi connectivity index (χ3v) is 10.6. The van der Waals surface area contributed by atoms with Crippen molar-refractivity contribution in [3.8, 4) is 0 Å². The standard InChI is InChI=1S/C42H76N2O2S/c1-5-7-9-11-13-15-17-19-21-23-25-27-29-31-33-45-37(3)41-42(44-40-36-47-35-39(40)43-41)38(4)46-34-32-30-28-26-24-22-20-18-16-14-12-10-8-6-2/h35-38H,5-34H2,1-4H3. The predicted molar refractivity (Wildman–Crippen MR) is 207 cm³/mol. The van der Waals surface area contributed by atoms with Gasteiger partial charge in [0.15, 0.2) is 0 Å². The number of fused-ring (bicyclic) bond motifs is 1. The Morgan fingerprint density at radius 1 is 0.426 bits per heavy atom. The van der Waals surface area contributed by atoms with Gasteiger partial charge in [-0.2, -0.15) is 0 Å². The summed E-state index contributed by atoms with van der Waals surface area (Å²) in [7, 11) is 0. The topological polar surface area (TPSA) is 44.2 Å². The van der Waals surface area contributed by atoms with Crippen LogP contribution in [-0.2, 0) is 9.47 Å². The van der Waals surface area contributed by atoms with Crippen molar-refractivity contribution in [1.82, 2.24) is 9.97 Å². The molecule has 0 aliphatic heterocycles. The fourth-order valence-electron chi connectivity index (χ4n) is 6.69. The highest BCUT2D eigenvalue weighted by atomic mass is 32.1. The highest BCUT2D eigenvalue weighted by Crippen LogP contribution is 2.29. The summed E-state index contributed by atoms with van der Waals surface area (Å²) in [5.74, 6) is 0. The summed E-state index contributed by atoms with van der Waals surface area (Å²) < 4.78 is 12.7. The van der Waals surface area contributed by atoms with Crippen molar-refractivity contribution in [2.45, 2.75) is 220 Å². The molecule has 0 aliphatic rings. The van der Waals surface area contributed by atoms with Gasteiger partial charge in [-0.3, -0.25) is 0 Å². The van der Waals surface area contributed by atoms with Crippen molar-refractivity contribution >= 4 is 22.4 Å². The summed E-state index contributed by atoms with van der Waals surface area (Å²) in [5, 5.41) is 4.19. The highest BCUT2D eigenvalue weighted by molar-refractivity contribution is 7.09. The Hall–Kier alpha value is -1.04. The van der Waals surface area contributed by atoms with Crippen molar-refractivity contribution in [3.63, 3.8) is 0 Å². The number of ether oxygens (including phenoxy) is 2. The summed E-state index contributed by atoms with van der Waals surface area (Å²) in [6.07, 6.45) is 38.4. The third kappa shape index (κ3) is 20.9. The van der Waals surface area contributed by atoms with E-state index in [0.29, 0.717) is 0 Å². The van der Waals surface area contributed by atoms with Crippen LogP contribution in [-0.4, -0.2) is 23.2 Å². The molecule has 0 spiro atoms. The van der Waals surface area contributed by atoms with Crippen LogP contribution in [0.5, 0.6) is 0 Å². The molecule has 0 radical (unpaired) electrons. The quantitative estimate of drug-likeness (QED) is 0.0694. The molecule has 0 N–H and O–H groups in total. The van der Waals surface area contributed by atoms with Crippen molar-refractivity contribution in [1.29, 1.82) is 0 Å². The summed E-state index contributed by atoms with van der Waals surface area (Å²) in [4.78, 5) is 10.0. The van der Waals surface area contributed by atoms with E-state index in [-0.39, 0.29) is 12.2 Å². The van der Waals surface area contributed by atoms with Gasteiger partial charge in [0, 0.05) is 24.0 Å². The molecule has 0 amide bonds. The summed E-state index contributed by atoms with van der Waals surface area (Å²) in [5.41, 5.74) is 3.85. The molecule has 0 saturated carbocycles. The first-order valence-electron chi connectivity index (χ1n) is 20.6. The zero-order valence-electron chi connectivity index (χ0n) is 31.6. The number of unbranched alkanes of at least 4 members (excludes halogenated alkanes) is 26. The van der Waals surface area contributed by atoms with Gasteiger partial charge in [-0.25, -0.2) is 9.97 Å². The molecule has 4 nitrogen and oxygen atoms in total. The number of thiophene rings is 1. The molecule has 2 rings (SSSR count). The molecule has 2 atom stereocenters. The molecule has 2 unspecified atom stereocenters. The van der Waals surface area contributed by atoms with Crippen LogP contribution in [0.1, 0.15) is 231 Å². The molecule has 0 fully saturated rings. The van der Waals surface area contributed by atoms with Crippen molar-refractivity contribution in [2.75, 3.05) is 13.2 Å². The van der Waals surface area contributed by atoms with E-state index in [2.05, 4.69) is 38.5 Å². The molecular formula is C42H76N2O2S. The van der Waals surface area contributed by atoms with Crippen LogP contribution in [0.2, 0.25) is 0 Å². The van der Waals surface area contributed by atoms with E-state index in [1.165, 1.54) is 167 Å². The molecule has 2 aromatic rings. The lowest BCUT2D eigenvalue weighted by Gasteiger charge is -2.20. The molecule has 272 valence electrons. The summed E-state index contributed by atoms with van der Waals surface area (Å²) in [6, 6.07) is 0. The molecular weight excluding hydrogens is 597 g/mol. The first-order chi connectivity index (χ1) is 23.2. The summed E-state index contributed by atoms with van der Waals surface area (Å²) >= 11 is 1.67. The lowest BCUT2D eigenvalue weighted by atomic mass is 10.0. The molecule has 0 aromatic carbocycles. The smallest absolute Gasteiger partial charge is 0.0998 e. The maximum Gasteiger partial charge on any atom is 0.0998 e. The van der Waals surface area contributed by atoms with Gasteiger partial charge in [0.25, 0.3) is 0 Å². The van der Waals surface area contributed by atoms with Gasteiger partial charge in [-0.15, -0.1) is 11.3 Å². The van der Waals surface area contributed by atoms with E-state index >= 15 is 0 Å². The molecule has 0 bridgehead atoms. The molecule has 47 heavy (non-hydrogen) atoms. The minimum atomic E-state index is -0.0733. The lowest BCUT2D eigenvalue weighted by molar-refractivity contribution is 0.0427. The number of nitrogens with zero attached hydrogens (tertiary/aromatic N) is 2. The Balaban J connectivity index is 1.55. The zero-order chi connectivity index (χ0) is 33.6. The van der Waals surface area contributed by atoms with Gasteiger partial charge < -0.3 is 9.47 Å². The van der Waals surface area contributed by atoms with E-state index in [9.17, 15) is 0 Å². The van der Waals surface area contributed by atoms with E-state index in [0.717, 1.165) is 48.5 Å². The number of hydrogen-bond acceptors (Lipinski definition) is 5. The van der Waals surface area contributed by atoms with Gasteiger partial charge in [-0.05, 0) is 26.7 Å². The molecule has 2 heterocycles. The fourth-order valence-corrected chi connectivity index (χ4v) is 7.37. The zero-order valence-corrected chi connectivity index (χ0v) is 32.5. The molecule has 2 aromatic heterocycles. The van der Waals surface area contributed by atoms with Crippen molar-refractivity contribution < 1.29 is 9.47 Å². The van der Waals surface area contributed by atoms with Crippen LogP contribution in [0.25, 0.3) is 11.0 Å². The van der Waals surface area contributed by atoms with Crippen molar-refractivity contribution in [2.24, 2.45) is 0 Å². The number of hydrogen-bond donors (Lipinski definition) is 0. The van der Waals surface area contributed by atoms with Crippen molar-refractivity contribution in [3.05, 3.63) is 22.1 Å². The second kappa shape index (κ2) is 29.8. The van der Waals surface area contributed by atoms with Gasteiger partial charge in [-0.1, -0.05) is 181 Å². The Morgan fingerprint density at radius 2 is 0.681 bits per heavy atom. The first-order valence-corrected chi connectivity index (χ1v) is 21.6. The van der Waals surface area contributed by atoms with Crippen LogP contribution in [0.3, 0.4) is 0 Å². The molecule has 5 heteroatoms. The Morgan fingerprint density at radius 3 is 0.957 bits per heavy atom. The van der Waals surface area contributed by atoms with Crippen LogP contribution < -0.4 is 0 Å². The second-order valence-electron chi connectivity index (χ2n) is 14.4. The van der Waals surface area contributed by atoms with Gasteiger partial charge in [0.05, 0.1) is 34.6 Å². The minimum absolute atomic E-state index is 0.0733. The van der Waals surface area contributed by atoms with Crippen LogP contribution in [0.15, 0.2) is 10.8 Å². The van der Waals surface area contributed by atoms with Crippen LogP contribution in [0.4, 0.5) is 0 Å². The number of rotatable bonds is 34. The van der Waals surface area contributed by atoms with Gasteiger partial charge in [0.2, 0.25) is 0 Å². The van der Waals surface area contributed by atoms with E-state index in [1.54, 1.807) is 11.3 Å². The van der Waals surface area contributed by atoms with E-state index in [4.69, 9.17) is 19.4 Å². The Kier molecular flexibility index (Phi) is 26.7. The molecule has 0 aliphatic carbocycles.